The van der Waals surface area contributed by atoms with Crippen LogP contribution in [0.4, 0.5) is 0 Å². The normalized spacial score (nSPS) is 10.7. The fourth-order valence-corrected chi connectivity index (χ4v) is 2.14. The van der Waals surface area contributed by atoms with Crippen molar-refractivity contribution < 1.29 is 0 Å². The highest BCUT2D eigenvalue weighted by molar-refractivity contribution is 7.22. The lowest BCUT2D eigenvalue weighted by Gasteiger charge is -1.86. The SMILES string of the molecule is Cc1c(Cl)sc2cncnc12. The van der Waals surface area contributed by atoms with Gasteiger partial charge < -0.3 is 0 Å². The van der Waals surface area contributed by atoms with Gasteiger partial charge in [-0.05, 0) is 6.92 Å². The van der Waals surface area contributed by atoms with Gasteiger partial charge in [-0.3, -0.25) is 0 Å². The van der Waals surface area contributed by atoms with Gasteiger partial charge in [-0.25, -0.2) is 9.97 Å². The second-order valence-electron chi connectivity index (χ2n) is 2.24. The Balaban J connectivity index is 2.92. The number of aryl methyl sites for hydroxylation is 1. The molecule has 2 rings (SSSR count). The second kappa shape index (κ2) is 2.43. The molecule has 0 aromatic carbocycles. The maximum Gasteiger partial charge on any atom is 0.116 e. The van der Waals surface area contributed by atoms with Crippen molar-refractivity contribution >= 4 is 33.2 Å². The smallest absolute Gasteiger partial charge is 0.116 e. The number of halogens is 1. The molecule has 2 heterocycles. The summed E-state index contributed by atoms with van der Waals surface area (Å²) < 4.78 is 1.86. The summed E-state index contributed by atoms with van der Waals surface area (Å²) in [6.07, 6.45) is 3.32. The molecular formula is C7H5ClN2S. The summed E-state index contributed by atoms with van der Waals surface area (Å²) in [6, 6.07) is 0. The number of thiophene rings is 1. The Morgan fingerprint density at radius 3 is 3.09 bits per heavy atom. The van der Waals surface area contributed by atoms with Crippen LogP contribution in [-0.4, -0.2) is 9.97 Å². The lowest BCUT2D eigenvalue weighted by atomic mass is 10.3. The Morgan fingerprint density at radius 1 is 1.55 bits per heavy atom. The first-order chi connectivity index (χ1) is 5.29. The van der Waals surface area contributed by atoms with Crippen LogP contribution in [0.3, 0.4) is 0 Å². The third-order valence-corrected chi connectivity index (χ3v) is 3.05. The number of hydrogen-bond donors (Lipinski definition) is 0. The third-order valence-electron chi connectivity index (χ3n) is 1.53. The molecule has 0 aliphatic carbocycles. The van der Waals surface area contributed by atoms with Crippen LogP contribution in [-0.2, 0) is 0 Å². The first kappa shape index (κ1) is 7.00. The molecule has 0 amide bonds. The lowest BCUT2D eigenvalue weighted by molar-refractivity contribution is 1.22. The zero-order chi connectivity index (χ0) is 7.84. The Kier molecular flexibility index (Phi) is 1.55. The summed E-state index contributed by atoms with van der Waals surface area (Å²) in [5.74, 6) is 0. The van der Waals surface area contributed by atoms with E-state index in [0.717, 1.165) is 20.1 Å². The first-order valence-electron chi connectivity index (χ1n) is 3.13. The minimum atomic E-state index is 0.806. The fourth-order valence-electron chi connectivity index (χ4n) is 0.939. The predicted octanol–water partition coefficient (Wildman–Crippen LogP) is 2.65. The highest BCUT2D eigenvalue weighted by Crippen LogP contribution is 2.31. The van der Waals surface area contributed by atoms with E-state index >= 15 is 0 Å². The molecule has 0 unspecified atom stereocenters. The van der Waals surface area contributed by atoms with E-state index in [1.54, 1.807) is 12.5 Å². The van der Waals surface area contributed by atoms with Crippen LogP contribution in [0.15, 0.2) is 12.5 Å². The summed E-state index contributed by atoms with van der Waals surface area (Å²) in [5.41, 5.74) is 2.02. The Labute approximate surface area is 72.9 Å². The van der Waals surface area contributed by atoms with E-state index in [1.165, 1.54) is 11.3 Å². The van der Waals surface area contributed by atoms with Gasteiger partial charge in [0.25, 0.3) is 0 Å². The zero-order valence-electron chi connectivity index (χ0n) is 5.84. The largest absolute Gasteiger partial charge is 0.243 e. The maximum absolute atomic E-state index is 5.90. The summed E-state index contributed by atoms with van der Waals surface area (Å²) in [6.45, 7) is 1.97. The molecule has 0 spiro atoms. The highest BCUT2D eigenvalue weighted by Gasteiger charge is 2.05. The average Bonchev–Trinajstić information content (AvgIpc) is 2.30. The zero-order valence-corrected chi connectivity index (χ0v) is 7.41. The summed E-state index contributed by atoms with van der Waals surface area (Å²) in [5, 5.41) is 0. The van der Waals surface area contributed by atoms with Crippen molar-refractivity contribution in [3.63, 3.8) is 0 Å². The van der Waals surface area contributed by atoms with Crippen molar-refractivity contribution in [1.29, 1.82) is 0 Å². The Bertz CT molecular complexity index is 396. The van der Waals surface area contributed by atoms with E-state index < -0.39 is 0 Å². The number of aromatic nitrogens is 2. The molecule has 2 aromatic heterocycles. The van der Waals surface area contributed by atoms with Crippen LogP contribution in [0.2, 0.25) is 4.34 Å². The average molecular weight is 185 g/mol. The van der Waals surface area contributed by atoms with Gasteiger partial charge >= 0.3 is 0 Å². The third kappa shape index (κ3) is 1.01. The molecule has 0 saturated carbocycles. The van der Waals surface area contributed by atoms with Crippen molar-refractivity contribution in [3.05, 3.63) is 22.4 Å². The van der Waals surface area contributed by atoms with Gasteiger partial charge in [0.2, 0.25) is 0 Å². The quantitative estimate of drug-likeness (QED) is 0.629. The molecule has 2 aromatic rings. The highest BCUT2D eigenvalue weighted by atomic mass is 35.5. The van der Waals surface area contributed by atoms with Crippen molar-refractivity contribution in [2.24, 2.45) is 0 Å². The van der Waals surface area contributed by atoms with E-state index in [9.17, 15) is 0 Å². The van der Waals surface area contributed by atoms with Crippen LogP contribution in [0, 0.1) is 6.92 Å². The van der Waals surface area contributed by atoms with Crippen LogP contribution >= 0.6 is 22.9 Å². The van der Waals surface area contributed by atoms with E-state index in [0.29, 0.717) is 0 Å². The Morgan fingerprint density at radius 2 is 2.36 bits per heavy atom. The number of fused-ring (bicyclic) bond motifs is 1. The standard InChI is InChI=1S/C7H5ClN2S/c1-4-6-5(11-7(4)8)2-9-3-10-6/h2-3H,1H3. The van der Waals surface area contributed by atoms with Crippen LogP contribution < -0.4 is 0 Å². The summed E-state index contributed by atoms with van der Waals surface area (Å²) in [4.78, 5) is 8.02. The van der Waals surface area contributed by atoms with Gasteiger partial charge in [-0.1, -0.05) is 11.6 Å². The van der Waals surface area contributed by atoms with E-state index in [2.05, 4.69) is 9.97 Å². The molecule has 0 aliphatic rings. The van der Waals surface area contributed by atoms with Crippen LogP contribution in [0.5, 0.6) is 0 Å². The van der Waals surface area contributed by atoms with Crippen LogP contribution in [0.25, 0.3) is 10.2 Å². The molecule has 0 aliphatic heterocycles. The molecule has 0 fully saturated rings. The van der Waals surface area contributed by atoms with E-state index in [4.69, 9.17) is 11.6 Å². The first-order valence-corrected chi connectivity index (χ1v) is 4.33. The topological polar surface area (TPSA) is 25.8 Å². The molecule has 4 heteroatoms. The monoisotopic (exact) mass is 184 g/mol. The number of hydrogen-bond acceptors (Lipinski definition) is 3. The predicted molar refractivity (Wildman–Crippen MR) is 47.2 cm³/mol. The minimum absolute atomic E-state index is 0.806. The molecule has 2 nitrogen and oxygen atoms in total. The van der Waals surface area contributed by atoms with E-state index in [1.807, 2.05) is 6.92 Å². The molecule has 11 heavy (non-hydrogen) atoms. The molecule has 0 radical (unpaired) electrons. The molecule has 56 valence electrons. The second-order valence-corrected chi connectivity index (χ2v) is 3.89. The maximum atomic E-state index is 5.90. The minimum Gasteiger partial charge on any atom is -0.243 e. The van der Waals surface area contributed by atoms with Gasteiger partial charge in [0.15, 0.2) is 0 Å². The molecule has 0 N–H and O–H groups in total. The molecule has 0 saturated heterocycles. The molecular weight excluding hydrogens is 180 g/mol. The molecule has 0 bridgehead atoms. The summed E-state index contributed by atoms with van der Waals surface area (Å²) in [7, 11) is 0. The van der Waals surface area contributed by atoms with Crippen molar-refractivity contribution in [1.82, 2.24) is 9.97 Å². The summed E-state index contributed by atoms with van der Waals surface area (Å²) >= 11 is 7.42. The van der Waals surface area contributed by atoms with Gasteiger partial charge in [0.05, 0.1) is 14.6 Å². The van der Waals surface area contributed by atoms with E-state index in [-0.39, 0.29) is 0 Å². The lowest BCUT2D eigenvalue weighted by Crippen LogP contribution is -1.76. The van der Waals surface area contributed by atoms with Gasteiger partial charge in [-0.15, -0.1) is 11.3 Å². The van der Waals surface area contributed by atoms with Crippen molar-refractivity contribution in [2.45, 2.75) is 6.92 Å². The van der Waals surface area contributed by atoms with Crippen LogP contribution in [0.1, 0.15) is 5.56 Å². The fraction of sp³-hybridized carbons (Fsp3) is 0.143. The van der Waals surface area contributed by atoms with Gasteiger partial charge in [-0.2, -0.15) is 0 Å². The van der Waals surface area contributed by atoms with Crippen molar-refractivity contribution in [2.75, 3.05) is 0 Å². The molecule has 0 atom stereocenters. The van der Waals surface area contributed by atoms with Gasteiger partial charge in [0.1, 0.15) is 6.33 Å². The number of rotatable bonds is 0. The number of nitrogens with zero attached hydrogens (tertiary/aromatic N) is 2. The van der Waals surface area contributed by atoms with Gasteiger partial charge in [0, 0.05) is 11.8 Å². The van der Waals surface area contributed by atoms with Crippen molar-refractivity contribution in [3.8, 4) is 0 Å². The Hall–Kier alpha value is -0.670.